The standard InChI is InChI=1S/C13H17NO3S/c15-8-10-1-3-11(4-2-10)17-9-13(16)14-6-5-12(18)7-14/h1-4,12,15,18H,5-9H2. The Balaban J connectivity index is 1.81. The molecule has 1 aliphatic heterocycles. The van der Waals surface area contributed by atoms with Crippen molar-refractivity contribution in [3.8, 4) is 5.75 Å². The number of hydrogen-bond acceptors (Lipinski definition) is 4. The van der Waals surface area contributed by atoms with Crippen molar-refractivity contribution in [2.24, 2.45) is 0 Å². The molecule has 5 heteroatoms. The summed E-state index contributed by atoms with van der Waals surface area (Å²) in [5.41, 5.74) is 0.825. The number of thiol groups is 1. The first kappa shape index (κ1) is 13.2. The van der Waals surface area contributed by atoms with Crippen LogP contribution in [0.25, 0.3) is 0 Å². The van der Waals surface area contributed by atoms with E-state index in [2.05, 4.69) is 12.6 Å². The molecule has 1 aliphatic rings. The first-order valence-corrected chi connectivity index (χ1v) is 6.49. The van der Waals surface area contributed by atoms with Crippen LogP contribution < -0.4 is 4.74 Å². The molecular formula is C13H17NO3S. The number of carbonyl (C=O) groups excluding carboxylic acids is 1. The summed E-state index contributed by atoms with van der Waals surface area (Å²) in [6, 6.07) is 7.06. The third-order valence-corrected chi connectivity index (χ3v) is 3.41. The molecular weight excluding hydrogens is 250 g/mol. The quantitative estimate of drug-likeness (QED) is 0.803. The van der Waals surface area contributed by atoms with Crippen LogP contribution in [0.1, 0.15) is 12.0 Å². The van der Waals surface area contributed by atoms with E-state index < -0.39 is 0 Å². The van der Waals surface area contributed by atoms with E-state index in [-0.39, 0.29) is 24.4 Å². The van der Waals surface area contributed by atoms with E-state index in [0.29, 0.717) is 12.3 Å². The van der Waals surface area contributed by atoms with Gasteiger partial charge >= 0.3 is 0 Å². The third kappa shape index (κ3) is 3.40. The van der Waals surface area contributed by atoms with Gasteiger partial charge in [0.25, 0.3) is 5.91 Å². The summed E-state index contributed by atoms with van der Waals surface area (Å²) in [4.78, 5) is 13.6. The Labute approximate surface area is 112 Å². The van der Waals surface area contributed by atoms with E-state index >= 15 is 0 Å². The highest BCUT2D eigenvalue weighted by Crippen LogP contribution is 2.15. The van der Waals surface area contributed by atoms with Crippen LogP contribution in [0, 0.1) is 0 Å². The van der Waals surface area contributed by atoms with Crippen LogP contribution in [0.2, 0.25) is 0 Å². The Hall–Kier alpha value is -1.20. The van der Waals surface area contributed by atoms with Crippen LogP contribution in [-0.4, -0.2) is 40.9 Å². The lowest BCUT2D eigenvalue weighted by Crippen LogP contribution is -2.33. The van der Waals surface area contributed by atoms with Crippen molar-refractivity contribution in [3.63, 3.8) is 0 Å². The molecule has 1 amide bonds. The monoisotopic (exact) mass is 267 g/mol. The summed E-state index contributed by atoms with van der Waals surface area (Å²) in [6.07, 6.45) is 0.944. The van der Waals surface area contributed by atoms with Gasteiger partial charge in [0, 0.05) is 18.3 Å². The van der Waals surface area contributed by atoms with Crippen molar-refractivity contribution in [3.05, 3.63) is 29.8 Å². The molecule has 1 unspecified atom stereocenters. The maximum atomic E-state index is 11.8. The highest BCUT2D eigenvalue weighted by Gasteiger charge is 2.23. The van der Waals surface area contributed by atoms with Crippen LogP contribution in [0.4, 0.5) is 0 Å². The zero-order valence-corrected chi connectivity index (χ0v) is 11.0. The normalized spacial score (nSPS) is 19.0. The largest absolute Gasteiger partial charge is 0.484 e. The maximum absolute atomic E-state index is 11.8. The van der Waals surface area contributed by atoms with E-state index in [1.165, 1.54) is 0 Å². The summed E-state index contributed by atoms with van der Waals surface area (Å²) in [5.74, 6) is 0.639. The zero-order valence-electron chi connectivity index (χ0n) is 10.1. The van der Waals surface area contributed by atoms with Crippen LogP contribution >= 0.6 is 12.6 Å². The molecule has 1 heterocycles. The van der Waals surface area contributed by atoms with Gasteiger partial charge in [0.1, 0.15) is 5.75 Å². The highest BCUT2D eigenvalue weighted by molar-refractivity contribution is 7.81. The number of aliphatic hydroxyl groups is 1. The number of benzene rings is 1. The Morgan fingerprint density at radius 2 is 2.17 bits per heavy atom. The Morgan fingerprint density at radius 3 is 2.72 bits per heavy atom. The second-order valence-electron chi connectivity index (χ2n) is 4.37. The van der Waals surface area contributed by atoms with E-state index in [1.807, 2.05) is 0 Å². The summed E-state index contributed by atoms with van der Waals surface area (Å²) in [7, 11) is 0. The predicted molar refractivity (Wildman–Crippen MR) is 71.8 cm³/mol. The molecule has 1 saturated heterocycles. The lowest BCUT2D eigenvalue weighted by atomic mass is 10.2. The van der Waals surface area contributed by atoms with Gasteiger partial charge in [-0.2, -0.15) is 12.6 Å². The van der Waals surface area contributed by atoms with Crippen molar-refractivity contribution >= 4 is 18.5 Å². The molecule has 0 aliphatic carbocycles. The van der Waals surface area contributed by atoms with E-state index in [4.69, 9.17) is 9.84 Å². The maximum Gasteiger partial charge on any atom is 0.260 e. The molecule has 1 aromatic rings. The van der Waals surface area contributed by atoms with Gasteiger partial charge in [-0.25, -0.2) is 0 Å². The number of nitrogens with zero attached hydrogens (tertiary/aromatic N) is 1. The van der Waals surface area contributed by atoms with Gasteiger partial charge in [0.05, 0.1) is 6.61 Å². The predicted octanol–water partition coefficient (Wildman–Crippen LogP) is 1.09. The van der Waals surface area contributed by atoms with E-state index in [9.17, 15) is 4.79 Å². The number of carbonyl (C=O) groups is 1. The molecule has 1 fully saturated rings. The Morgan fingerprint density at radius 1 is 1.44 bits per heavy atom. The number of ether oxygens (including phenoxy) is 1. The van der Waals surface area contributed by atoms with Crippen LogP contribution in [0.15, 0.2) is 24.3 Å². The number of hydrogen-bond donors (Lipinski definition) is 2. The fraction of sp³-hybridized carbons (Fsp3) is 0.462. The molecule has 2 rings (SSSR count). The molecule has 0 spiro atoms. The molecule has 1 aromatic carbocycles. The molecule has 1 N–H and O–H groups in total. The zero-order chi connectivity index (χ0) is 13.0. The van der Waals surface area contributed by atoms with E-state index in [1.54, 1.807) is 29.2 Å². The number of aliphatic hydroxyl groups excluding tert-OH is 1. The Bertz CT molecular complexity index is 407. The fourth-order valence-electron chi connectivity index (χ4n) is 1.90. The van der Waals surface area contributed by atoms with Gasteiger partial charge in [-0.15, -0.1) is 0 Å². The first-order valence-electron chi connectivity index (χ1n) is 5.97. The lowest BCUT2D eigenvalue weighted by Gasteiger charge is -2.16. The molecule has 98 valence electrons. The van der Waals surface area contributed by atoms with Gasteiger partial charge in [0.15, 0.2) is 6.61 Å². The second-order valence-corrected chi connectivity index (χ2v) is 5.10. The minimum atomic E-state index is -0.00205. The smallest absolute Gasteiger partial charge is 0.260 e. The highest BCUT2D eigenvalue weighted by atomic mass is 32.1. The van der Waals surface area contributed by atoms with Crippen molar-refractivity contribution in [2.75, 3.05) is 19.7 Å². The Kier molecular flexibility index (Phi) is 4.49. The van der Waals surface area contributed by atoms with Crippen molar-refractivity contribution in [1.82, 2.24) is 4.90 Å². The summed E-state index contributed by atoms with van der Waals surface area (Å²) < 4.78 is 5.42. The molecule has 1 atom stereocenters. The van der Waals surface area contributed by atoms with Gasteiger partial charge in [-0.3, -0.25) is 4.79 Å². The molecule has 0 aromatic heterocycles. The first-order chi connectivity index (χ1) is 8.69. The van der Waals surface area contributed by atoms with Gasteiger partial charge in [-0.05, 0) is 24.1 Å². The molecule has 18 heavy (non-hydrogen) atoms. The molecule has 4 nitrogen and oxygen atoms in total. The number of amides is 1. The van der Waals surface area contributed by atoms with Crippen molar-refractivity contribution < 1.29 is 14.6 Å². The minimum Gasteiger partial charge on any atom is -0.484 e. The summed E-state index contributed by atoms with van der Waals surface area (Å²) in [6.45, 7) is 1.53. The number of rotatable bonds is 4. The van der Waals surface area contributed by atoms with Crippen molar-refractivity contribution in [2.45, 2.75) is 18.3 Å². The average Bonchev–Trinajstić information content (AvgIpc) is 2.83. The summed E-state index contributed by atoms with van der Waals surface area (Å²) in [5, 5.41) is 9.20. The number of likely N-dealkylation sites (tertiary alicyclic amines) is 1. The summed E-state index contributed by atoms with van der Waals surface area (Å²) >= 11 is 4.35. The molecule has 0 radical (unpaired) electrons. The molecule has 0 saturated carbocycles. The SMILES string of the molecule is O=C(COc1ccc(CO)cc1)N1CCC(S)C1. The van der Waals surface area contributed by atoms with Crippen LogP contribution in [-0.2, 0) is 11.4 Å². The van der Waals surface area contributed by atoms with Crippen molar-refractivity contribution in [1.29, 1.82) is 0 Å². The van der Waals surface area contributed by atoms with Gasteiger partial charge in [0.2, 0.25) is 0 Å². The third-order valence-electron chi connectivity index (χ3n) is 2.98. The second kappa shape index (κ2) is 6.11. The average molecular weight is 267 g/mol. The molecule has 0 bridgehead atoms. The lowest BCUT2D eigenvalue weighted by molar-refractivity contribution is -0.132. The van der Waals surface area contributed by atoms with Gasteiger partial charge in [-0.1, -0.05) is 12.1 Å². The van der Waals surface area contributed by atoms with E-state index in [0.717, 1.165) is 18.5 Å². The van der Waals surface area contributed by atoms with Gasteiger partial charge < -0.3 is 14.7 Å². The fourth-order valence-corrected chi connectivity index (χ4v) is 2.21. The topological polar surface area (TPSA) is 49.8 Å². The minimum absolute atomic E-state index is 0.00205. The van der Waals surface area contributed by atoms with Crippen LogP contribution in [0.3, 0.4) is 0 Å². The van der Waals surface area contributed by atoms with Crippen LogP contribution in [0.5, 0.6) is 5.75 Å².